The monoisotopic (exact) mass is 323 g/mol. The van der Waals surface area contributed by atoms with Gasteiger partial charge in [-0.05, 0) is 23.8 Å². The number of aromatic nitrogens is 2. The number of benzene rings is 1. The van der Waals surface area contributed by atoms with E-state index in [-0.39, 0.29) is 5.41 Å². The van der Waals surface area contributed by atoms with Crippen molar-refractivity contribution in [1.82, 2.24) is 14.5 Å². The molecule has 2 heterocycles. The smallest absolute Gasteiger partial charge is 0.223 e. The van der Waals surface area contributed by atoms with E-state index in [4.69, 9.17) is 0 Å². The lowest BCUT2D eigenvalue weighted by Gasteiger charge is -2.32. The van der Waals surface area contributed by atoms with Gasteiger partial charge in [0.05, 0.1) is 18.6 Å². The van der Waals surface area contributed by atoms with Gasteiger partial charge in [0.25, 0.3) is 0 Å². The number of hydrogen-bond donors (Lipinski definition) is 0. The van der Waals surface area contributed by atoms with E-state index in [1.54, 1.807) is 0 Å². The van der Waals surface area contributed by atoms with Crippen molar-refractivity contribution in [2.75, 3.05) is 6.54 Å². The van der Waals surface area contributed by atoms with Crippen LogP contribution in [0.15, 0.2) is 42.9 Å². The Hall–Kier alpha value is -2.10. The minimum atomic E-state index is 0.264. The summed E-state index contributed by atoms with van der Waals surface area (Å²) in [5.74, 6) is 0.323. The molecule has 0 bridgehead atoms. The normalized spacial score (nSPS) is 20.0. The van der Waals surface area contributed by atoms with Gasteiger partial charge >= 0.3 is 0 Å². The van der Waals surface area contributed by atoms with Gasteiger partial charge in [-0.2, -0.15) is 0 Å². The summed E-state index contributed by atoms with van der Waals surface area (Å²) in [5, 5.41) is 0. The largest absolute Gasteiger partial charge is 0.336 e. The van der Waals surface area contributed by atoms with Crippen molar-refractivity contribution in [3.8, 4) is 0 Å². The second kappa shape index (κ2) is 6.42. The summed E-state index contributed by atoms with van der Waals surface area (Å²) in [6.45, 7) is 2.43. The van der Waals surface area contributed by atoms with E-state index in [1.807, 2.05) is 18.6 Å². The van der Waals surface area contributed by atoms with Crippen molar-refractivity contribution in [2.24, 2.45) is 5.41 Å². The molecular formula is C20H25N3O. The predicted molar refractivity (Wildman–Crippen MR) is 93.3 cm³/mol. The van der Waals surface area contributed by atoms with Crippen molar-refractivity contribution in [2.45, 2.75) is 51.6 Å². The third kappa shape index (κ3) is 3.10. The Labute approximate surface area is 143 Å². The van der Waals surface area contributed by atoms with Crippen molar-refractivity contribution >= 4 is 5.91 Å². The molecule has 24 heavy (non-hydrogen) atoms. The molecular weight excluding hydrogens is 298 g/mol. The van der Waals surface area contributed by atoms with Crippen LogP contribution in [-0.4, -0.2) is 26.9 Å². The van der Waals surface area contributed by atoms with Crippen LogP contribution in [0.2, 0.25) is 0 Å². The molecule has 1 saturated carbocycles. The molecule has 1 aliphatic heterocycles. The number of carbonyl (C=O) groups is 1. The Balaban J connectivity index is 1.46. The molecule has 4 heteroatoms. The molecule has 2 fully saturated rings. The van der Waals surface area contributed by atoms with Gasteiger partial charge in [-0.25, -0.2) is 4.98 Å². The van der Waals surface area contributed by atoms with Gasteiger partial charge in [0.15, 0.2) is 0 Å². The van der Waals surface area contributed by atoms with E-state index in [1.165, 1.54) is 37.7 Å². The lowest BCUT2D eigenvalue weighted by atomic mass is 9.73. The van der Waals surface area contributed by atoms with Gasteiger partial charge in [-0.3, -0.25) is 4.79 Å². The first-order chi connectivity index (χ1) is 11.7. The Morgan fingerprint density at radius 2 is 1.83 bits per heavy atom. The predicted octanol–water partition coefficient (Wildman–Crippen LogP) is 3.61. The van der Waals surface area contributed by atoms with E-state index in [0.29, 0.717) is 12.5 Å². The average molecular weight is 323 g/mol. The molecule has 0 unspecified atom stereocenters. The molecule has 126 valence electrons. The van der Waals surface area contributed by atoms with Gasteiger partial charge in [-0.15, -0.1) is 0 Å². The first kappa shape index (κ1) is 15.4. The SMILES string of the molecule is O=C1CC2(CCCCC2)CN1Cc1cncn1Cc1ccccc1. The van der Waals surface area contributed by atoms with E-state index >= 15 is 0 Å². The van der Waals surface area contributed by atoms with Gasteiger partial charge in [0.2, 0.25) is 5.91 Å². The second-order valence-electron chi connectivity index (χ2n) is 7.49. The zero-order chi connectivity index (χ0) is 16.4. The van der Waals surface area contributed by atoms with Crippen LogP contribution in [0.25, 0.3) is 0 Å². The summed E-state index contributed by atoms with van der Waals surface area (Å²) in [5.41, 5.74) is 2.65. The number of carbonyl (C=O) groups excluding carboxylic acids is 1. The quantitative estimate of drug-likeness (QED) is 0.862. The topological polar surface area (TPSA) is 38.1 Å². The fourth-order valence-corrected chi connectivity index (χ4v) is 4.36. The molecule has 1 aromatic heterocycles. The molecule has 0 atom stereocenters. The van der Waals surface area contributed by atoms with Crippen LogP contribution in [0.3, 0.4) is 0 Å². The fourth-order valence-electron chi connectivity index (χ4n) is 4.36. The number of hydrogen-bond acceptors (Lipinski definition) is 2. The highest BCUT2D eigenvalue weighted by Crippen LogP contribution is 2.44. The van der Waals surface area contributed by atoms with Crippen LogP contribution in [0.1, 0.15) is 49.8 Å². The summed E-state index contributed by atoms with van der Waals surface area (Å²) < 4.78 is 2.16. The van der Waals surface area contributed by atoms with Crippen LogP contribution >= 0.6 is 0 Å². The Bertz CT molecular complexity index is 701. The third-order valence-corrected chi connectivity index (χ3v) is 5.67. The highest BCUT2D eigenvalue weighted by atomic mass is 16.2. The minimum absolute atomic E-state index is 0.264. The van der Waals surface area contributed by atoms with E-state index in [0.717, 1.165) is 25.2 Å². The fraction of sp³-hybridized carbons (Fsp3) is 0.500. The Morgan fingerprint density at radius 3 is 2.62 bits per heavy atom. The second-order valence-corrected chi connectivity index (χ2v) is 7.49. The lowest BCUT2D eigenvalue weighted by Crippen LogP contribution is -2.30. The maximum absolute atomic E-state index is 12.5. The number of rotatable bonds is 4. The number of imidazole rings is 1. The molecule has 0 radical (unpaired) electrons. The van der Waals surface area contributed by atoms with Gasteiger partial charge in [0, 0.05) is 25.7 Å². The van der Waals surface area contributed by atoms with Gasteiger partial charge in [0.1, 0.15) is 0 Å². The number of likely N-dealkylation sites (tertiary alicyclic amines) is 1. The highest BCUT2D eigenvalue weighted by Gasteiger charge is 2.43. The standard InChI is InChI=1S/C20H25N3O/c24-19-11-20(9-5-2-6-10-20)15-22(19)14-18-12-21-16-23(18)13-17-7-3-1-4-8-17/h1,3-4,7-8,12,16H,2,5-6,9-11,13-15H2. The number of amides is 1. The highest BCUT2D eigenvalue weighted by molar-refractivity contribution is 5.79. The van der Waals surface area contributed by atoms with E-state index in [2.05, 4.69) is 38.7 Å². The maximum atomic E-state index is 12.5. The maximum Gasteiger partial charge on any atom is 0.223 e. The van der Waals surface area contributed by atoms with E-state index < -0.39 is 0 Å². The summed E-state index contributed by atoms with van der Waals surface area (Å²) in [4.78, 5) is 18.9. The van der Waals surface area contributed by atoms with Crippen LogP contribution in [0.4, 0.5) is 0 Å². The summed E-state index contributed by atoms with van der Waals surface area (Å²) >= 11 is 0. The van der Waals surface area contributed by atoms with Gasteiger partial charge < -0.3 is 9.47 Å². The first-order valence-corrected chi connectivity index (χ1v) is 9.05. The molecule has 4 nitrogen and oxygen atoms in total. The lowest BCUT2D eigenvalue weighted by molar-refractivity contribution is -0.128. The van der Waals surface area contributed by atoms with Crippen molar-refractivity contribution < 1.29 is 4.79 Å². The van der Waals surface area contributed by atoms with Crippen LogP contribution in [0, 0.1) is 5.41 Å². The molecule has 1 amide bonds. The van der Waals surface area contributed by atoms with Crippen molar-refractivity contribution in [3.05, 3.63) is 54.1 Å². The zero-order valence-corrected chi connectivity index (χ0v) is 14.2. The molecule has 4 rings (SSSR count). The van der Waals surface area contributed by atoms with Crippen molar-refractivity contribution in [1.29, 1.82) is 0 Å². The summed E-state index contributed by atoms with van der Waals surface area (Å²) in [6.07, 6.45) is 10.9. The van der Waals surface area contributed by atoms with E-state index in [9.17, 15) is 4.79 Å². The molecule has 0 N–H and O–H groups in total. The van der Waals surface area contributed by atoms with Crippen LogP contribution in [0.5, 0.6) is 0 Å². The van der Waals surface area contributed by atoms with Crippen LogP contribution in [-0.2, 0) is 17.9 Å². The average Bonchev–Trinajstić information content (AvgIpc) is 3.14. The Morgan fingerprint density at radius 1 is 1.04 bits per heavy atom. The molecule has 1 spiro atoms. The Kier molecular flexibility index (Phi) is 4.13. The van der Waals surface area contributed by atoms with Gasteiger partial charge in [-0.1, -0.05) is 49.6 Å². The molecule has 2 aromatic rings. The summed E-state index contributed by atoms with van der Waals surface area (Å²) in [6, 6.07) is 10.4. The van der Waals surface area contributed by atoms with Crippen LogP contribution < -0.4 is 0 Å². The third-order valence-electron chi connectivity index (χ3n) is 5.67. The molecule has 1 saturated heterocycles. The minimum Gasteiger partial charge on any atom is -0.336 e. The molecule has 1 aromatic carbocycles. The van der Waals surface area contributed by atoms with Crippen molar-refractivity contribution in [3.63, 3.8) is 0 Å². The molecule has 2 aliphatic rings. The zero-order valence-electron chi connectivity index (χ0n) is 14.2. The first-order valence-electron chi connectivity index (χ1n) is 9.05. The number of nitrogens with zero attached hydrogens (tertiary/aromatic N) is 3. The summed E-state index contributed by atoms with van der Waals surface area (Å²) in [7, 11) is 0. The molecule has 1 aliphatic carbocycles.